The molecule has 0 fully saturated rings. The zero-order valence-electron chi connectivity index (χ0n) is 12.2. The van der Waals surface area contributed by atoms with Gasteiger partial charge in [0, 0.05) is 12.1 Å². The first-order valence-electron chi connectivity index (χ1n) is 6.70. The van der Waals surface area contributed by atoms with Crippen LogP contribution in [0.4, 0.5) is 0 Å². The summed E-state index contributed by atoms with van der Waals surface area (Å²) in [4.78, 5) is 0. The summed E-state index contributed by atoms with van der Waals surface area (Å²) in [5.41, 5.74) is 2.61. The molecule has 0 saturated carbocycles. The topological polar surface area (TPSA) is 54.3 Å². The standard InChI is InChI=1S/C17H18N2O2/c1-19-11-13-7-8-16(17(9-13)20-2)21-12-15-6-4-3-5-14(15)10-18/h3-9,19H,11-12H2,1-2H3. The summed E-state index contributed by atoms with van der Waals surface area (Å²) in [6.07, 6.45) is 0. The van der Waals surface area contributed by atoms with Crippen LogP contribution in [0.1, 0.15) is 16.7 Å². The van der Waals surface area contributed by atoms with E-state index in [1.807, 2.05) is 43.4 Å². The predicted molar refractivity (Wildman–Crippen MR) is 81.2 cm³/mol. The highest BCUT2D eigenvalue weighted by molar-refractivity contribution is 5.43. The summed E-state index contributed by atoms with van der Waals surface area (Å²) in [6.45, 7) is 1.11. The summed E-state index contributed by atoms with van der Waals surface area (Å²) >= 11 is 0. The number of hydrogen-bond donors (Lipinski definition) is 1. The summed E-state index contributed by atoms with van der Waals surface area (Å²) < 4.78 is 11.2. The van der Waals surface area contributed by atoms with Gasteiger partial charge in [-0.3, -0.25) is 0 Å². The van der Waals surface area contributed by atoms with Crippen molar-refractivity contribution in [3.8, 4) is 17.6 Å². The van der Waals surface area contributed by atoms with E-state index < -0.39 is 0 Å². The maximum Gasteiger partial charge on any atom is 0.161 e. The third-order valence-corrected chi connectivity index (χ3v) is 3.13. The van der Waals surface area contributed by atoms with Crippen LogP contribution in [0.5, 0.6) is 11.5 Å². The van der Waals surface area contributed by atoms with Gasteiger partial charge in [0.25, 0.3) is 0 Å². The molecule has 0 aliphatic carbocycles. The lowest BCUT2D eigenvalue weighted by Crippen LogP contribution is -2.05. The Morgan fingerprint density at radius 1 is 1.14 bits per heavy atom. The maximum atomic E-state index is 9.07. The van der Waals surface area contributed by atoms with Crippen molar-refractivity contribution in [3.05, 3.63) is 59.2 Å². The van der Waals surface area contributed by atoms with Crippen molar-refractivity contribution >= 4 is 0 Å². The average Bonchev–Trinajstić information content (AvgIpc) is 2.54. The van der Waals surface area contributed by atoms with E-state index >= 15 is 0 Å². The van der Waals surface area contributed by atoms with Gasteiger partial charge in [0.05, 0.1) is 18.7 Å². The maximum absolute atomic E-state index is 9.07. The van der Waals surface area contributed by atoms with Crippen LogP contribution < -0.4 is 14.8 Å². The van der Waals surface area contributed by atoms with Gasteiger partial charge in [0.2, 0.25) is 0 Å². The Morgan fingerprint density at radius 3 is 2.67 bits per heavy atom. The first-order chi connectivity index (χ1) is 10.3. The Balaban J connectivity index is 2.14. The van der Waals surface area contributed by atoms with Gasteiger partial charge < -0.3 is 14.8 Å². The van der Waals surface area contributed by atoms with E-state index in [9.17, 15) is 0 Å². The van der Waals surface area contributed by atoms with Crippen molar-refractivity contribution in [2.75, 3.05) is 14.2 Å². The van der Waals surface area contributed by atoms with Gasteiger partial charge in [-0.2, -0.15) is 5.26 Å². The largest absolute Gasteiger partial charge is 0.493 e. The van der Waals surface area contributed by atoms with E-state index in [0.717, 1.165) is 17.7 Å². The molecule has 108 valence electrons. The van der Waals surface area contributed by atoms with Crippen LogP contribution in [0.25, 0.3) is 0 Å². The van der Waals surface area contributed by atoms with E-state index in [0.29, 0.717) is 23.7 Å². The fraction of sp³-hybridized carbons (Fsp3) is 0.235. The Kier molecular flexibility index (Phi) is 5.19. The lowest BCUT2D eigenvalue weighted by atomic mass is 10.1. The SMILES string of the molecule is CNCc1ccc(OCc2ccccc2C#N)c(OC)c1. The molecule has 0 atom stereocenters. The molecule has 0 aromatic heterocycles. The number of benzene rings is 2. The average molecular weight is 282 g/mol. The van der Waals surface area contributed by atoms with Gasteiger partial charge in [-0.15, -0.1) is 0 Å². The minimum atomic E-state index is 0.339. The van der Waals surface area contributed by atoms with Crippen LogP contribution in [-0.2, 0) is 13.2 Å². The van der Waals surface area contributed by atoms with E-state index in [1.54, 1.807) is 13.2 Å². The van der Waals surface area contributed by atoms with Gasteiger partial charge >= 0.3 is 0 Å². The summed E-state index contributed by atoms with van der Waals surface area (Å²) in [6, 6.07) is 15.4. The molecule has 0 aliphatic heterocycles. The number of rotatable bonds is 6. The van der Waals surface area contributed by atoms with Crippen molar-refractivity contribution < 1.29 is 9.47 Å². The van der Waals surface area contributed by atoms with Crippen LogP contribution >= 0.6 is 0 Å². The van der Waals surface area contributed by atoms with Gasteiger partial charge in [-0.05, 0) is 30.8 Å². The fourth-order valence-electron chi connectivity index (χ4n) is 2.06. The molecule has 2 aromatic rings. The second-order valence-corrected chi connectivity index (χ2v) is 4.57. The molecule has 0 bridgehead atoms. The molecule has 21 heavy (non-hydrogen) atoms. The molecule has 4 heteroatoms. The number of methoxy groups -OCH3 is 1. The fourth-order valence-corrected chi connectivity index (χ4v) is 2.06. The van der Waals surface area contributed by atoms with E-state index in [-0.39, 0.29) is 0 Å². The van der Waals surface area contributed by atoms with Crippen molar-refractivity contribution in [1.82, 2.24) is 5.32 Å². The molecule has 0 unspecified atom stereocenters. The monoisotopic (exact) mass is 282 g/mol. The van der Waals surface area contributed by atoms with Gasteiger partial charge in [-0.1, -0.05) is 24.3 Å². The highest BCUT2D eigenvalue weighted by atomic mass is 16.5. The number of hydrogen-bond acceptors (Lipinski definition) is 4. The van der Waals surface area contributed by atoms with Crippen molar-refractivity contribution in [2.24, 2.45) is 0 Å². The minimum Gasteiger partial charge on any atom is -0.493 e. The van der Waals surface area contributed by atoms with E-state index in [2.05, 4.69) is 11.4 Å². The van der Waals surface area contributed by atoms with Crippen LogP contribution in [0.2, 0.25) is 0 Å². The lowest BCUT2D eigenvalue weighted by molar-refractivity contribution is 0.284. The second kappa shape index (κ2) is 7.32. The molecule has 1 N–H and O–H groups in total. The normalized spacial score (nSPS) is 9.95. The van der Waals surface area contributed by atoms with E-state index in [1.165, 1.54) is 0 Å². The third kappa shape index (κ3) is 3.74. The third-order valence-electron chi connectivity index (χ3n) is 3.13. The first-order valence-corrected chi connectivity index (χ1v) is 6.70. The highest BCUT2D eigenvalue weighted by Gasteiger charge is 2.07. The van der Waals surface area contributed by atoms with Crippen LogP contribution in [0.15, 0.2) is 42.5 Å². The lowest BCUT2D eigenvalue weighted by Gasteiger charge is -2.12. The number of nitrogens with one attached hydrogen (secondary N) is 1. The highest BCUT2D eigenvalue weighted by Crippen LogP contribution is 2.29. The molecule has 0 aliphatic rings. The van der Waals surface area contributed by atoms with Gasteiger partial charge in [0.15, 0.2) is 11.5 Å². The smallest absolute Gasteiger partial charge is 0.161 e. The first kappa shape index (κ1) is 14.9. The molecule has 0 spiro atoms. The van der Waals surface area contributed by atoms with Crippen LogP contribution in [0.3, 0.4) is 0 Å². The molecule has 2 aromatic carbocycles. The zero-order valence-corrected chi connectivity index (χ0v) is 12.2. The molecular formula is C17H18N2O2. The molecule has 2 rings (SSSR count). The molecular weight excluding hydrogens is 264 g/mol. The summed E-state index contributed by atoms with van der Waals surface area (Å²) in [7, 11) is 3.52. The Hall–Kier alpha value is -2.51. The molecule has 4 nitrogen and oxygen atoms in total. The van der Waals surface area contributed by atoms with Gasteiger partial charge in [0.1, 0.15) is 6.61 Å². The molecule has 0 heterocycles. The number of ether oxygens (including phenoxy) is 2. The quantitative estimate of drug-likeness (QED) is 0.885. The predicted octanol–water partition coefficient (Wildman–Crippen LogP) is 2.87. The molecule has 0 amide bonds. The van der Waals surface area contributed by atoms with Gasteiger partial charge in [-0.25, -0.2) is 0 Å². The van der Waals surface area contributed by atoms with E-state index in [4.69, 9.17) is 14.7 Å². The van der Waals surface area contributed by atoms with Crippen molar-refractivity contribution in [2.45, 2.75) is 13.2 Å². The Bertz CT molecular complexity index is 647. The van der Waals surface area contributed by atoms with Crippen molar-refractivity contribution in [1.29, 1.82) is 5.26 Å². The molecule has 0 radical (unpaired) electrons. The number of nitrogens with zero attached hydrogens (tertiary/aromatic N) is 1. The number of nitriles is 1. The van der Waals surface area contributed by atoms with Crippen LogP contribution in [-0.4, -0.2) is 14.2 Å². The van der Waals surface area contributed by atoms with Crippen LogP contribution in [0, 0.1) is 11.3 Å². The van der Waals surface area contributed by atoms with Crippen molar-refractivity contribution in [3.63, 3.8) is 0 Å². The Morgan fingerprint density at radius 2 is 1.95 bits per heavy atom. The summed E-state index contributed by atoms with van der Waals surface area (Å²) in [5.74, 6) is 1.36. The minimum absolute atomic E-state index is 0.339. The summed E-state index contributed by atoms with van der Waals surface area (Å²) in [5, 5.41) is 12.2. The second-order valence-electron chi connectivity index (χ2n) is 4.57. The zero-order chi connectivity index (χ0) is 15.1. The molecule has 0 saturated heterocycles. The Labute approximate surface area is 124 Å².